The molecule has 2 aromatic rings. The number of hydrogen-bond donors (Lipinski definition) is 0. The Hall–Kier alpha value is -2.71. The third-order valence-electron chi connectivity index (χ3n) is 4.76. The van der Waals surface area contributed by atoms with Crippen molar-refractivity contribution < 1.29 is 28.2 Å². The summed E-state index contributed by atoms with van der Waals surface area (Å²) in [6.45, 7) is 0.449. The number of esters is 1. The van der Waals surface area contributed by atoms with Crippen LogP contribution in [0.2, 0.25) is 0 Å². The van der Waals surface area contributed by atoms with E-state index in [1.165, 1.54) is 31.3 Å². The maximum Gasteiger partial charge on any atom is 0.311 e. The maximum atomic E-state index is 13.3. The van der Waals surface area contributed by atoms with Crippen LogP contribution in [0.25, 0.3) is 0 Å². The molecule has 0 N–H and O–H groups in total. The van der Waals surface area contributed by atoms with Crippen molar-refractivity contribution >= 4 is 29.2 Å². The van der Waals surface area contributed by atoms with Crippen LogP contribution in [-0.2, 0) is 31.9 Å². The van der Waals surface area contributed by atoms with Crippen molar-refractivity contribution in [3.63, 3.8) is 0 Å². The summed E-state index contributed by atoms with van der Waals surface area (Å²) in [5.41, 5.74) is 2.44. The van der Waals surface area contributed by atoms with E-state index in [2.05, 4.69) is 4.98 Å². The molecule has 3 rings (SSSR count). The van der Waals surface area contributed by atoms with Crippen molar-refractivity contribution in [1.82, 2.24) is 4.98 Å². The van der Waals surface area contributed by atoms with Crippen LogP contribution in [0.1, 0.15) is 16.8 Å². The summed E-state index contributed by atoms with van der Waals surface area (Å²) in [5, 5.41) is 0. The Morgan fingerprint density at radius 2 is 2.03 bits per heavy atom. The molecule has 1 aromatic carbocycles. The highest BCUT2D eigenvalue weighted by molar-refractivity contribution is 6.29. The first kappa shape index (κ1) is 22.0. The van der Waals surface area contributed by atoms with Gasteiger partial charge >= 0.3 is 5.97 Å². The molecule has 30 heavy (non-hydrogen) atoms. The van der Waals surface area contributed by atoms with E-state index in [1.54, 1.807) is 18.2 Å². The normalized spacial score (nSPS) is 15.3. The zero-order valence-corrected chi connectivity index (χ0v) is 17.4. The summed E-state index contributed by atoms with van der Waals surface area (Å²) >= 11 is 5.83. The van der Waals surface area contributed by atoms with E-state index in [0.29, 0.717) is 23.4 Å². The molecule has 0 saturated carbocycles. The number of halogens is 2. The second-order valence-corrected chi connectivity index (χ2v) is 7.06. The van der Waals surface area contributed by atoms with E-state index >= 15 is 0 Å². The van der Waals surface area contributed by atoms with Gasteiger partial charge in [0.25, 0.3) is 0 Å². The molecule has 1 aliphatic rings. The highest BCUT2D eigenvalue weighted by atomic mass is 35.5. The van der Waals surface area contributed by atoms with E-state index in [1.807, 2.05) is 0 Å². The molecule has 1 aromatic heterocycles. The monoisotopic (exact) mass is 436 g/mol. The second-order valence-electron chi connectivity index (χ2n) is 6.79. The number of amides is 1. The molecule has 0 unspecified atom stereocenters. The molecule has 0 radical (unpaired) electrons. The fourth-order valence-corrected chi connectivity index (χ4v) is 3.47. The van der Waals surface area contributed by atoms with Crippen molar-refractivity contribution in [2.45, 2.75) is 18.9 Å². The number of carbonyl (C=O) groups is 2. The Bertz CT molecular complexity index is 922. The predicted molar refractivity (Wildman–Crippen MR) is 109 cm³/mol. The topological polar surface area (TPSA) is 78.0 Å². The summed E-state index contributed by atoms with van der Waals surface area (Å²) in [4.78, 5) is 30.5. The zero-order valence-electron chi connectivity index (χ0n) is 16.7. The predicted octanol–water partition coefficient (Wildman–Crippen LogP) is 2.51. The molecule has 160 valence electrons. The number of nitrogens with zero attached hydrogens (tertiary/aromatic N) is 2. The maximum absolute atomic E-state index is 13.3. The number of rotatable bonds is 7. The van der Waals surface area contributed by atoms with Gasteiger partial charge in [-0.1, -0.05) is 12.1 Å². The molecular weight excluding hydrogens is 415 g/mol. The molecular formula is C21H22ClFN2O5. The van der Waals surface area contributed by atoms with Crippen molar-refractivity contribution in [1.29, 1.82) is 0 Å². The molecule has 0 fully saturated rings. The fraction of sp³-hybridized carbons (Fsp3) is 0.381. The second kappa shape index (κ2) is 9.86. The number of pyridine rings is 1. The molecule has 9 heteroatoms. The van der Waals surface area contributed by atoms with Crippen molar-refractivity contribution in [2.75, 3.05) is 38.2 Å². The molecule has 2 heterocycles. The van der Waals surface area contributed by atoms with Crippen molar-refractivity contribution in [3.8, 4) is 5.88 Å². The van der Waals surface area contributed by atoms with E-state index < -0.39 is 5.97 Å². The number of aromatic nitrogens is 1. The van der Waals surface area contributed by atoms with Gasteiger partial charge in [-0.15, -0.1) is 11.6 Å². The van der Waals surface area contributed by atoms with Gasteiger partial charge in [-0.05, 0) is 35.7 Å². The Balaban J connectivity index is 2.06. The van der Waals surface area contributed by atoms with Crippen LogP contribution < -0.4 is 9.64 Å². The highest BCUT2D eigenvalue weighted by Gasteiger charge is 2.34. The standard InChI is InChI=1S/C21H22ClFN2O5/c1-28-11-16-12-30-21-18(25(16)19(26)10-22)8-14(17(24-21)9-20(27)29-2)7-13-3-5-15(23)6-4-13/h3-6,8,16H,7,9-12H2,1-2H3/t16-/m0/s1. The van der Waals surface area contributed by atoms with E-state index in [-0.39, 0.29) is 49.2 Å². The molecule has 0 bridgehead atoms. The Labute approximate surface area is 178 Å². The number of anilines is 1. The fourth-order valence-electron chi connectivity index (χ4n) is 3.34. The van der Waals surface area contributed by atoms with Gasteiger partial charge in [-0.25, -0.2) is 9.37 Å². The largest absolute Gasteiger partial charge is 0.474 e. The molecule has 1 atom stereocenters. The molecule has 0 saturated heterocycles. The lowest BCUT2D eigenvalue weighted by atomic mass is 10.0. The minimum atomic E-state index is -0.454. The van der Waals surface area contributed by atoms with Crippen LogP contribution in [0, 0.1) is 5.82 Å². The first-order valence-electron chi connectivity index (χ1n) is 9.30. The summed E-state index contributed by atoms with van der Waals surface area (Å²) in [6, 6.07) is 7.44. The van der Waals surface area contributed by atoms with Gasteiger partial charge in [-0.3, -0.25) is 14.5 Å². The average Bonchev–Trinajstić information content (AvgIpc) is 2.75. The van der Waals surface area contributed by atoms with Crippen LogP contribution in [-0.4, -0.2) is 56.2 Å². The Kier molecular flexibility index (Phi) is 7.23. The molecule has 1 aliphatic heterocycles. The number of fused-ring (bicyclic) bond motifs is 1. The van der Waals surface area contributed by atoms with Crippen LogP contribution in [0.15, 0.2) is 30.3 Å². The number of methoxy groups -OCH3 is 2. The first-order valence-corrected chi connectivity index (χ1v) is 9.84. The molecule has 7 nitrogen and oxygen atoms in total. The van der Waals surface area contributed by atoms with Gasteiger partial charge in [-0.2, -0.15) is 0 Å². The van der Waals surface area contributed by atoms with Gasteiger partial charge in [0.15, 0.2) is 0 Å². The molecule has 1 amide bonds. The van der Waals surface area contributed by atoms with E-state index in [9.17, 15) is 14.0 Å². The number of alkyl halides is 1. The third-order valence-corrected chi connectivity index (χ3v) is 4.99. The van der Waals surface area contributed by atoms with Gasteiger partial charge in [0.2, 0.25) is 11.8 Å². The first-order chi connectivity index (χ1) is 14.5. The van der Waals surface area contributed by atoms with Gasteiger partial charge in [0, 0.05) is 7.11 Å². The van der Waals surface area contributed by atoms with E-state index in [0.717, 1.165) is 5.56 Å². The quantitative estimate of drug-likeness (QED) is 0.490. The van der Waals surface area contributed by atoms with Crippen LogP contribution in [0.4, 0.5) is 10.1 Å². The van der Waals surface area contributed by atoms with Crippen molar-refractivity contribution in [3.05, 3.63) is 53.0 Å². The Morgan fingerprint density at radius 3 is 2.67 bits per heavy atom. The van der Waals surface area contributed by atoms with Crippen LogP contribution in [0.5, 0.6) is 5.88 Å². The molecule has 0 aliphatic carbocycles. The third kappa shape index (κ3) is 4.88. The summed E-state index contributed by atoms with van der Waals surface area (Å²) in [6.07, 6.45) is 0.319. The van der Waals surface area contributed by atoms with Gasteiger partial charge in [0.05, 0.1) is 31.9 Å². The number of benzene rings is 1. The van der Waals surface area contributed by atoms with Gasteiger partial charge < -0.3 is 14.2 Å². The van der Waals surface area contributed by atoms with Crippen LogP contribution in [0.3, 0.4) is 0 Å². The highest BCUT2D eigenvalue weighted by Crippen LogP contribution is 2.35. The number of carbonyl (C=O) groups excluding carboxylic acids is 2. The Morgan fingerprint density at radius 1 is 1.30 bits per heavy atom. The smallest absolute Gasteiger partial charge is 0.311 e. The SMILES string of the molecule is COC[C@H]1COc2nc(CC(=O)OC)c(Cc3ccc(F)cc3)cc2N1C(=O)CCl. The van der Waals surface area contributed by atoms with Crippen molar-refractivity contribution in [2.24, 2.45) is 0 Å². The minimum Gasteiger partial charge on any atom is -0.474 e. The summed E-state index contributed by atoms with van der Waals surface area (Å²) in [5.74, 6) is -1.07. The summed E-state index contributed by atoms with van der Waals surface area (Å²) in [7, 11) is 2.84. The lowest BCUT2D eigenvalue weighted by molar-refractivity contribution is -0.139. The number of hydrogen-bond acceptors (Lipinski definition) is 6. The minimum absolute atomic E-state index is 0.0609. The lowest BCUT2D eigenvalue weighted by Crippen LogP contribution is -2.50. The van der Waals surface area contributed by atoms with E-state index in [4.69, 9.17) is 25.8 Å². The zero-order chi connectivity index (χ0) is 21.7. The van der Waals surface area contributed by atoms with Gasteiger partial charge in [0.1, 0.15) is 24.0 Å². The number of ether oxygens (including phenoxy) is 3. The lowest BCUT2D eigenvalue weighted by Gasteiger charge is -2.36. The van der Waals surface area contributed by atoms with Crippen LogP contribution >= 0.6 is 11.6 Å². The summed E-state index contributed by atoms with van der Waals surface area (Å²) < 4.78 is 29.0. The molecule has 0 spiro atoms. The average molecular weight is 437 g/mol.